The van der Waals surface area contributed by atoms with Crippen LogP contribution in [0.5, 0.6) is 0 Å². The Balaban J connectivity index is 1.62. The minimum atomic E-state index is -3.73. The molecular formula is C22H27N3O4S. The molecule has 1 aliphatic carbocycles. The number of carbonyl (C=O) groups is 1. The monoisotopic (exact) mass is 429 g/mol. The van der Waals surface area contributed by atoms with Gasteiger partial charge < -0.3 is 15.4 Å². The van der Waals surface area contributed by atoms with Crippen molar-refractivity contribution in [3.8, 4) is 0 Å². The van der Waals surface area contributed by atoms with Crippen molar-refractivity contribution in [2.45, 2.75) is 63.3 Å². The Hall–Kier alpha value is -2.42. The summed E-state index contributed by atoms with van der Waals surface area (Å²) < 4.78 is 33.5. The summed E-state index contributed by atoms with van der Waals surface area (Å²) in [5.41, 5.74) is 3.76. The largest absolute Gasteiger partial charge is 0.382 e. The van der Waals surface area contributed by atoms with Crippen molar-refractivity contribution in [1.29, 1.82) is 0 Å². The van der Waals surface area contributed by atoms with E-state index in [0.717, 1.165) is 30.4 Å². The lowest BCUT2D eigenvalue weighted by atomic mass is 9.93. The Morgan fingerprint density at radius 1 is 1.03 bits per heavy atom. The van der Waals surface area contributed by atoms with E-state index in [1.54, 1.807) is 26.0 Å². The number of carbonyl (C=O) groups excluding carboxylic acids is 1. The summed E-state index contributed by atoms with van der Waals surface area (Å²) >= 11 is 0. The molecule has 0 aromatic heterocycles. The minimum Gasteiger partial charge on any atom is -0.382 e. The maximum absolute atomic E-state index is 13.0. The fraction of sp³-hybridized carbons (Fsp3) is 0.409. The van der Waals surface area contributed by atoms with Gasteiger partial charge in [-0.25, -0.2) is 13.1 Å². The van der Waals surface area contributed by atoms with Crippen LogP contribution in [0.3, 0.4) is 0 Å². The van der Waals surface area contributed by atoms with Gasteiger partial charge in [-0.3, -0.25) is 4.79 Å². The number of anilines is 2. The number of amides is 1. The number of benzene rings is 2. The fourth-order valence-electron chi connectivity index (χ4n) is 3.59. The topological polar surface area (TPSA) is 96.5 Å². The smallest absolute Gasteiger partial charge is 0.255 e. The maximum Gasteiger partial charge on any atom is 0.255 e. The molecule has 1 amide bonds. The van der Waals surface area contributed by atoms with E-state index in [4.69, 9.17) is 4.74 Å². The molecule has 0 spiro atoms. The van der Waals surface area contributed by atoms with Crippen molar-refractivity contribution in [1.82, 2.24) is 4.72 Å². The van der Waals surface area contributed by atoms with Crippen LogP contribution in [0.1, 0.15) is 54.6 Å². The van der Waals surface area contributed by atoms with Crippen LogP contribution >= 0.6 is 0 Å². The summed E-state index contributed by atoms with van der Waals surface area (Å²) in [5.74, 6) is -0.355. The van der Waals surface area contributed by atoms with Gasteiger partial charge in [0.05, 0.1) is 18.1 Å². The molecule has 0 unspecified atom stereocenters. The molecule has 1 fully saturated rings. The summed E-state index contributed by atoms with van der Waals surface area (Å²) in [6, 6.07) is 10.5. The SMILES string of the molecule is CC(C)NS(=O)(=O)c1cc(NC2CCC2)cc(C(=O)Nc2ccc3c(c2)COC3)c1. The fourth-order valence-corrected chi connectivity index (χ4v) is 4.91. The zero-order chi connectivity index (χ0) is 21.3. The van der Waals surface area contributed by atoms with Gasteiger partial charge in [0, 0.05) is 29.0 Å². The Labute approximate surface area is 177 Å². The Morgan fingerprint density at radius 3 is 2.50 bits per heavy atom. The molecule has 7 nitrogen and oxygen atoms in total. The van der Waals surface area contributed by atoms with E-state index in [0.29, 0.717) is 36.2 Å². The molecule has 2 aromatic rings. The van der Waals surface area contributed by atoms with Crippen LogP contribution < -0.4 is 15.4 Å². The van der Waals surface area contributed by atoms with Crippen LogP contribution in [0.2, 0.25) is 0 Å². The Bertz CT molecular complexity index is 1060. The number of rotatable bonds is 7. The highest BCUT2D eigenvalue weighted by atomic mass is 32.2. The second-order valence-electron chi connectivity index (χ2n) is 8.22. The molecule has 1 heterocycles. The van der Waals surface area contributed by atoms with Crippen LogP contribution in [0.25, 0.3) is 0 Å². The lowest BCUT2D eigenvalue weighted by Gasteiger charge is -2.28. The third-order valence-corrected chi connectivity index (χ3v) is 6.96. The van der Waals surface area contributed by atoms with Crippen molar-refractivity contribution in [3.63, 3.8) is 0 Å². The first-order chi connectivity index (χ1) is 14.3. The van der Waals surface area contributed by atoms with E-state index >= 15 is 0 Å². The summed E-state index contributed by atoms with van der Waals surface area (Å²) in [6.45, 7) is 4.64. The number of hydrogen-bond acceptors (Lipinski definition) is 5. The summed E-state index contributed by atoms with van der Waals surface area (Å²) in [6.07, 6.45) is 3.24. The molecule has 2 aliphatic rings. The quantitative estimate of drug-likeness (QED) is 0.625. The zero-order valence-corrected chi connectivity index (χ0v) is 18.0. The molecule has 1 aliphatic heterocycles. The van der Waals surface area contributed by atoms with Gasteiger partial charge in [-0.05, 0) is 74.6 Å². The number of sulfonamides is 1. The average Bonchev–Trinajstić information content (AvgIpc) is 3.11. The normalized spacial score (nSPS) is 16.2. The van der Waals surface area contributed by atoms with E-state index in [1.165, 1.54) is 6.07 Å². The predicted molar refractivity (Wildman–Crippen MR) is 116 cm³/mol. The van der Waals surface area contributed by atoms with Crippen LogP contribution in [0, 0.1) is 0 Å². The predicted octanol–water partition coefficient (Wildman–Crippen LogP) is 3.62. The van der Waals surface area contributed by atoms with Crippen molar-refractivity contribution >= 4 is 27.3 Å². The second kappa shape index (κ2) is 8.37. The first kappa shape index (κ1) is 20.8. The second-order valence-corrected chi connectivity index (χ2v) is 9.94. The molecule has 0 bridgehead atoms. The molecule has 0 radical (unpaired) electrons. The highest BCUT2D eigenvalue weighted by Gasteiger charge is 2.22. The van der Waals surface area contributed by atoms with E-state index in [-0.39, 0.29) is 16.8 Å². The molecule has 0 atom stereocenters. The molecule has 1 saturated carbocycles. The molecular weight excluding hydrogens is 402 g/mol. The zero-order valence-electron chi connectivity index (χ0n) is 17.2. The Kier molecular flexibility index (Phi) is 5.81. The highest BCUT2D eigenvalue weighted by molar-refractivity contribution is 7.89. The van der Waals surface area contributed by atoms with E-state index in [9.17, 15) is 13.2 Å². The molecule has 30 heavy (non-hydrogen) atoms. The number of fused-ring (bicyclic) bond motifs is 1. The number of hydrogen-bond donors (Lipinski definition) is 3. The van der Waals surface area contributed by atoms with Crippen LogP contribution in [-0.2, 0) is 28.0 Å². The summed E-state index contributed by atoms with van der Waals surface area (Å²) in [5, 5.41) is 6.23. The van der Waals surface area contributed by atoms with Crippen LogP contribution in [0.15, 0.2) is 41.3 Å². The van der Waals surface area contributed by atoms with Crippen LogP contribution in [0.4, 0.5) is 11.4 Å². The van der Waals surface area contributed by atoms with Gasteiger partial charge in [-0.15, -0.1) is 0 Å². The average molecular weight is 430 g/mol. The van der Waals surface area contributed by atoms with Crippen molar-refractivity contribution in [2.24, 2.45) is 0 Å². The first-order valence-corrected chi connectivity index (χ1v) is 11.7. The molecule has 160 valence electrons. The van der Waals surface area contributed by atoms with Crippen molar-refractivity contribution in [3.05, 3.63) is 53.1 Å². The standard InChI is InChI=1S/C22H27N3O4S/c1-14(2)25-30(27,28)21-10-16(8-20(11-21)23-18-4-3-5-18)22(26)24-19-7-6-15-12-29-13-17(15)9-19/h6-11,14,18,23,25H,3-5,12-13H2,1-2H3,(H,24,26). The van der Waals surface area contributed by atoms with Gasteiger partial charge in [-0.2, -0.15) is 0 Å². The van der Waals surface area contributed by atoms with Crippen molar-refractivity contribution in [2.75, 3.05) is 10.6 Å². The molecule has 3 N–H and O–H groups in total. The third-order valence-electron chi connectivity index (χ3n) is 5.33. The van der Waals surface area contributed by atoms with E-state index in [2.05, 4.69) is 15.4 Å². The van der Waals surface area contributed by atoms with Gasteiger partial charge >= 0.3 is 0 Å². The lowest BCUT2D eigenvalue weighted by molar-refractivity contribution is 0.102. The highest BCUT2D eigenvalue weighted by Crippen LogP contribution is 2.27. The number of ether oxygens (including phenoxy) is 1. The number of nitrogens with one attached hydrogen (secondary N) is 3. The van der Waals surface area contributed by atoms with Gasteiger partial charge in [-0.1, -0.05) is 6.07 Å². The van der Waals surface area contributed by atoms with Gasteiger partial charge in [0.1, 0.15) is 0 Å². The van der Waals surface area contributed by atoms with E-state index < -0.39 is 10.0 Å². The summed E-state index contributed by atoms with van der Waals surface area (Å²) in [4.78, 5) is 13.0. The Morgan fingerprint density at radius 2 is 1.80 bits per heavy atom. The maximum atomic E-state index is 13.0. The van der Waals surface area contributed by atoms with Gasteiger partial charge in [0.15, 0.2) is 0 Å². The summed E-state index contributed by atoms with van der Waals surface area (Å²) in [7, 11) is -3.73. The first-order valence-electron chi connectivity index (χ1n) is 10.2. The van der Waals surface area contributed by atoms with Gasteiger partial charge in [0.2, 0.25) is 10.0 Å². The molecule has 2 aromatic carbocycles. The molecule has 4 rings (SSSR count). The minimum absolute atomic E-state index is 0.0769. The van der Waals surface area contributed by atoms with Crippen LogP contribution in [-0.4, -0.2) is 26.4 Å². The van der Waals surface area contributed by atoms with Gasteiger partial charge in [0.25, 0.3) is 5.91 Å². The van der Waals surface area contributed by atoms with Crippen molar-refractivity contribution < 1.29 is 17.9 Å². The molecule has 0 saturated heterocycles. The third kappa shape index (κ3) is 4.66. The van der Waals surface area contributed by atoms with E-state index in [1.807, 2.05) is 18.2 Å². The molecule has 8 heteroatoms. The lowest BCUT2D eigenvalue weighted by Crippen LogP contribution is -2.31.